The molecule has 1 aliphatic carbocycles. The van der Waals surface area contributed by atoms with Crippen molar-refractivity contribution >= 4 is 11.9 Å². The van der Waals surface area contributed by atoms with Crippen LogP contribution < -0.4 is 0 Å². The molecule has 0 aliphatic heterocycles. The molecule has 7 heteroatoms. The molecule has 1 fully saturated rings. The molecule has 1 saturated carbocycles. The Morgan fingerprint density at radius 2 is 1.74 bits per heavy atom. The topological polar surface area (TPSA) is 63.6 Å². The van der Waals surface area contributed by atoms with E-state index in [-0.39, 0.29) is 18.8 Å². The van der Waals surface area contributed by atoms with Crippen LogP contribution in [0.3, 0.4) is 0 Å². The lowest BCUT2D eigenvalue weighted by atomic mass is 9.84. The third kappa shape index (κ3) is 8.23. The van der Waals surface area contributed by atoms with Crippen LogP contribution in [0, 0.1) is 17.8 Å². The van der Waals surface area contributed by atoms with Gasteiger partial charge < -0.3 is 9.84 Å². The van der Waals surface area contributed by atoms with Crippen molar-refractivity contribution < 1.29 is 32.6 Å². The van der Waals surface area contributed by atoms with Gasteiger partial charge in [0.1, 0.15) is 5.60 Å². The third-order valence-corrected chi connectivity index (χ3v) is 3.77. The van der Waals surface area contributed by atoms with Crippen LogP contribution in [0.2, 0.25) is 0 Å². The highest BCUT2D eigenvalue weighted by atomic mass is 19.4. The van der Waals surface area contributed by atoms with E-state index >= 15 is 0 Å². The summed E-state index contributed by atoms with van der Waals surface area (Å²) in [5.41, 5.74) is -0.756. The highest BCUT2D eigenvalue weighted by Crippen LogP contribution is 2.39. The van der Waals surface area contributed by atoms with Gasteiger partial charge in [0.2, 0.25) is 0 Å². The first-order chi connectivity index (χ1) is 10.4. The molecular weight excluding hydrogens is 313 g/mol. The van der Waals surface area contributed by atoms with Crippen molar-refractivity contribution in [1.29, 1.82) is 0 Å². The van der Waals surface area contributed by atoms with Gasteiger partial charge in [0.15, 0.2) is 0 Å². The lowest BCUT2D eigenvalue weighted by molar-refractivity contribution is -0.168. The first-order valence-corrected chi connectivity index (χ1v) is 7.91. The molecule has 23 heavy (non-hydrogen) atoms. The third-order valence-electron chi connectivity index (χ3n) is 3.77. The van der Waals surface area contributed by atoms with Gasteiger partial charge in [0.25, 0.3) is 0 Å². The van der Waals surface area contributed by atoms with E-state index in [1.807, 2.05) is 0 Å². The highest BCUT2D eigenvalue weighted by Gasteiger charge is 2.40. The van der Waals surface area contributed by atoms with Gasteiger partial charge in [0.05, 0.1) is 11.8 Å². The summed E-state index contributed by atoms with van der Waals surface area (Å²) in [6.45, 7) is 5.04. The summed E-state index contributed by atoms with van der Waals surface area (Å²) in [6.07, 6.45) is -3.61. The number of alkyl halides is 3. The maximum atomic E-state index is 12.3. The fraction of sp³-hybridized carbons (Fsp3) is 0.875. The summed E-state index contributed by atoms with van der Waals surface area (Å²) in [5, 5.41) is 9.36. The molecule has 0 aromatic heterocycles. The molecule has 2 atom stereocenters. The zero-order valence-corrected chi connectivity index (χ0v) is 13.8. The molecule has 1 rings (SSSR count). The number of hydrogen-bond acceptors (Lipinski definition) is 3. The molecular formula is C16H25F3O4. The number of carboxylic acid groups (broad SMARTS) is 1. The van der Waals surface area contributed by atoms with Gasteiger partial charge >= 0.3 is 18.1 Å². The number of carbonyl (C=O) groups excluding carboxylic acids is 1. The summed E-state index contributed by atoms with van der Waals surface area (Å²) in [5.74, 6) is -3.59. The molecule has 0 heterocycles. The van der Waals surface area contributed by atoms with Crippen molar-refractivity contribution in [2.75, 3.05) is 0 Å². The van der Waals surface area contributed by atoms with Crippen LogP contribution in [-0.2, 0) is 14.3 Å². The maximum absolute atomic E-state index is 12.3. The van der Waals surface area contributed by atoms with Crippen LogP contribution in [0.25, 0.3) is 0 Å². The average molecular weight is 338 g/mol. The molecule has 4 nitrogen and oxygen atoms in total. The van der Waals surface area contributed by atoms with Gasteiger partial charge in [-0.15, -0.1) is 0 Å². The number of aliphatic carboxylic acids is 1. The van der Waals surface area contributed by atoms with Gasteiger partial charge in [0, 0.05) is 6.42 Å². The molecule has 134 valence electrons. The summed E-state index contributed by atoms with van der Waals surface area (Å²) < 4.78 is 42.1. The van der Waals surface area contributed by atoms with Crippen molar-refractivity contribution in [3.05, 3.63) is 0 Å². The molecule has 1 N–H and O–H groups in total. The van der Waals surface area contributed by atoms with Crippen molar-refractivity contribution in [2.45, 2.75) is 71.1 Å². The van der Waals surface area contributed by atoms with Crippen LogP contribution >= 0.6 is 0 Å². The summed E-state index contributed by atoms with van der Waals surface area (Å²) >= 11 is 0. The van der Waals surface area contributed by atoms with Crippen molar-refractivity contribution in [2.24, 2.45) is 17.8 Å². The van der Waals surface area contributed by atoms with Crippen molar-refractivity contribution in [3.63, 3.8) is 0 Å². The molecule has 0 bridgehead atoms. The van der Waals surface area contributed by atoms with Crippen LogP contribution in [0.15, 0.2) is 0 Å². The number of carbonyl (C=O) groups is 2. The van der Waals surface area contributed by atoms with E-state index in [0.29, 0.717) is 6.42 Å². The summed E-state index contributed by atoms with van der Waals surface area (Å²) in [7, 11) is 0. The first kappa shape index (κ1) is 19.8. The molecule has 0 spiro atoms. The number of rotatable bonds is 8. The van der Waals surface area contributed by atoms with Gasteiger partial charge in [-0.25, -0.2) is 0 Å². The Hall–Kier alpha value is -1.27. The molecule has 0 aromatic carbocycles. The second-order valence-electron chi connectivity index (χ2n) is 7.27. The second kappa shape index (κ2) is 7.53. The predicted molar refractivity (Wildman–Crippen MR) is 77.7 cm³/mol. The largest absolute Gasteiger partial charge is 0.481 e. The Morgan fingerprint density at radius 1 is 1.17 bits per heavy atom. The fourth-order valence-corrected chi connectivity index (χ4v) is 2.53. The minimum Gasteiger partial charge on any atom is -0.481 e. The average Bonchev–Trinajstić information content (AvgIpc) is 3.12. The Morgan fingerprint density at radius 3 is 2.13 bits per heavy atom. The van der Waals surface area contributed by atoms with Crippen LogP contribution in [0.1, 0.15) is 59.3 Å². The molecule has 0 aromatic rings. The Kier molecular flexibility index (Phi) is 6.48. The van der Waals surface area contributed by atoms with Crippen molar-refractivity contribution in [1.82, 2.24) is 0 Å². The van der Waals surface area contributed by atoms with Gasteiger partial charge in [-0.1, -0.05) is 12.8 Å². The molecule has 0 saturated heterocycles. The van der Waals surface area contributed by atoms with E-state index in [0.717, 1.165) is 12.8 Å². The quantitative estimate of drug-likeness (QED) is 0.675. The minimum atomic E-state index is -4.32. The number of halogens is 3. The van der Waals surface area contributed by atoms with E-state index < -0.39 is 42.0 Å². The Balaban J connectivity index is 2.77. The minimum absolute atomic E-state index is 0.175. The highest BCUT2D eigenvalue weighted by molar-refractivity contribution is 5.81. The van der Waals surface area contributed by atoms with Gasteiger partial charge in [-0.2, -0.15) is 13.2 Å². The zero-order valence-electron chi connectivity index (χ0n) is 13.8. The van der Waals surface area contributed by atoms with Gasteiger partial charge in [-0.05, 0) is 46.0 Å². The number of ether oxygens (including phenoxy) is 1. The SMILES string of the molecule is CC(C)(C)OC(=O)C(CC1CC1)C(CCCC(F)(F)F)C(=O)O. The summed E-state index contributed by atoms with van der Waals surface area (Å²) in [4.78, 5) is 23.8. The van der Waals surface area contributed by atoms with E-state index in [1.165, 1.54) is 0 Å². The standard InChI is InChI=1S/C16H25F3O4/c1-15(2,3)23-14(22)12(9-10-6-7-10)11(13(20)21)5-4-8-16(17,18)19/h10-12H,4-9H2,1-3H3,(H,20,21). The van der Waals surface area contributed by atoms with Gasteiger partial charge in [-0.3, -0.25) is 9.59 Å². The Labute approximate surface area is 134 Å². The van der Waals surface area contributed by atoms with Crippen molar-refractivity contribution in [3.8, 4) is 0 Å². The smallest absolute Gasteiger partial charge is 0.389 e. The molecule has 0 amide bonds. The lowest BCUT2D eigenvalue weighted by Gasteiger charge is -2.27. The van der Waals surface area contributed by atoms with Crippen LogP contribution in [0.5, 0.6) is 0 Å². The van der Waals surface area contributed by atoms with Crippen LogP contribution in [0.4, 0.5) is 13.2 Å². The predicted octanol–water partition coefficient (Wildman–Crippen LogP) is 4.18. The number of carboxylic acids is 1. The van der Waals surface area contributed by atoms with Crippen LogP contribution in [-0.4, -0.2) is 28.8 Å². The second-order valence-corrected chi connectivity index (χ2v) is 7.27. The summed E-state index contributed by atoms with van der Waals surface area (Å²) in [6, 6.07) is 0. The van der Waals surface area contributed by atoms with E-state index in [4.69, 9.17) is 4.74 Å². The van der Waals surface area contributed by atoms with E-state index in [2.05, 4.69) is 0 Å². The lowest BCUT2D eigenvalue weighted by Crippen LogP contribution is -2.36. The fourth-order valence-electron chi connectivity index (χ4n) is 2.53. The molecule has 0 radical (unpaired) electrons. The Bertz CT molecular complexity index is 422. The molecule has 2 unspecified atom stereocenters. The number of esters is 1. The monoisotopic (exact) mass is 338 g/mol. The maximum Gasteiger partial charge on any atom is 0.389 e. The van der Waals surface area contributed by atoms with E-state index in [9.17, 15) is 27.9 Å². The zero-order chi connectivity index (χ0) is 17.8. The number of hydrogen-bond donors (Lipinski definition) is 1. The molecule has 1 aliphatic rings. The van der Waals surface area contributed by atoms with E-state index in [1.54, 1.807) is 20.8 Å². The normalized spacial score (nSPS) is 18.3. The first-order valence-electron chi connectivity index (χ1n) is 7.91.